The first kappa shape index (κ1) is 4.78. The molecule has 20 valence electrons. The van der Waals surface area contributed by atoms with E-state index >= 15 is 0 Å². The van der Waals surface area contributed by atoms with Gasteiger partial charge in [-0.2, -0.15) is 0 Å². The Kier molecular flexibility index (Phi) is 2.45. The van der Waals surface area contributed by atoms with E-state index in [9.17, 15) is 0 Å². The first-order valence-electron chi connectivity index (χ1n) is 0.885. The summed E-state index contributed by atoms with van der Waals surface area (Å²) in [5.41, 5.74) is 4.84. The third-order valence-corrected chi connectivity index (χ3v) is 0. The summed E-state index contributed by atoms with van der Waals surface area (Å²) in [6, 6.07) is 0. The molecule has 0 heterocycles. The van der Waals surface area contributed by atoms with E-state index in [-0.39, 0.29) is 4.36 Å². The molecule has 0 bridgehead atoms. The second kappa shape index (κ2) is 2.05. The first-order chi connectivity index (χ1) is 1.73. The second-order valence-corrected chi connectivity index (χ2v) is 2.09. The molecule has 0 aliphatic heterocycles. The van der Waals surface area contributed by atoms with Gasteiger partial charge in [-0.15, -0.1) is 0 Å². The van der Waals surface area contributed by atoms with Crippen LogP contribution in [0.15, 0.2) is 0 Å². The van der Waals surface area contributed by atoms with Crippen molar-refractivity contribution in [3.63, 3.8) is 0 Å². The molecule has 0 radical (unpaired) electrons. The zero-order valence-electron chi connectivity index (χ0n) is 2.11. The number of halogens is 1. The van der Waals surface area contributed by atoms with Crippen molar-refractivity contribution in [3.8, 4) is 0 Å². The monoisotopic (exact) mass is 91.0 g/mol. The van der Waals surface area contributed by atoms with Crippen molar-refractivity contribution < 1.29 is 0 Å². The van der Waals surface area contributed by atoms with Crippen LogP contribution in [0, 0.1) is 0 Å². The Morgan fingerprint density at radius 2 is 2.00 bits per heavy atom. The number of hydrogen-bond donors (Lipinski definition) is 1. The fraction of sp³-hybridized carbons (Fsp3) is 1.00. The van der Waals surface area contributed by atoms with Gasteiger partial charge in [0.2, 0.25) is 0 Å². The van der Waals surface area contributed by atoms with Crippen LogP contribution < -0.4 is 5.73 Å². The maximum absolute atomic E-state index is 5.02. The molecule has 2 N–H and O–H groups in total. The number of nitrogens with two attached hydrogens (primary N) is 1. The SMILES string of the molecule is N[CH]([Al+2])Cl. The average Bonchev–Trinajstić information content (AvgIpc) is 0.811. The minimum absolute atomic E-state index is 0.278. The Bertz CT molecular complexity index is 12.8. The van der Waals surface area contributed by atoms with Gasteiger partial charge in [-0.05, 0) is 0 Å². The van der Waals surface area contributed by atoms with E-state index in [0.29, 0.717) is 0 Å². The molecule has 1 atom stereocenters. The molecule has 4 heavy (non-hydrogen) atoms. The van der Waals surface area contributed by atoms with Crippen LogP contribution in [0.5, 0.6) is 0 Å². The molecule has 0 spiro atoms. The van der Waals surface area contributed by atoms with Gasteiger partial charge in [0.25, 0.3) is 0 Å². The topological polar surface area (TPSA) is 26.0 Å². The Hall–Kier alpha value is 0.782. The van der Waals surface area contributed by atoms with E-state index in [1.807, 2.05) is 0 Å². The summed E-state index contributed by atoms with van der Waals surface area (Å²) in [6.07, 6.45) is 0. The van der Waals surface area contributed by atoms with Crippen molar-refractivity contribution in [1.82, 2.24) is 0 Å². The first-order valence-corrected chi connectivity index (χ1v) is 1.99. The molecule has 1 unspecified atom stereocenters. The third-order valence-electron chi connectivity index (χ3n) is 0. The number of rotatable bonds is 0. The molecule has 0 aliphatic rings. The minimum atomic E-state index is -0.278. The molecule has 0 fully saturated rings. The van der Waals surface area contributed by atoms with Crippen LogP contribution in [0.4, 0.5) is 0 Å². The molecular formula is CH3AlClN+2. The summed E-state index contributed by atoms with van der Waals surface area (Å²) in [7, 11) is 0. The van der Waals surface area contributed by atoms with Crippen molar-refractivity contribution in [2.45, 2.75) is 4.36 Å². The van der Waals surface area contributed by atoms with E-state index in [1.165, 1.54) is 0 Å². The molecule has 0 aromatic heterocycles. The predicted molar refractivity (Wildman–Crippen MR) is 19.6 cm³/mol. The third kappa shape index (κ3) is 14.4. The molecule has 0 aromatic carbocycles. The van der Waals surface area contributed by atoms with Crippen molar-refractivity contribution in [2.24, 2.45) is 5.73 Å². The van der Waals surface area contributed by atoms with Crippen LogP contribution in [0.3, 0.4) is 0 Å². The fourth-order valence-electron chi connectivity index (χ4n) is 0. The van der Waals surface area contributed by atoms with Crippen molar-refractivity contribution >= 4 is 27.9 Å². The summed E-state index contributed by atoms with van der Waals surface area (Å²) in [6.45, 7) is 0. The Morgan fingerprint density at radius 3 is 2.00 bits per heavy atom. The van der Waals surface area contributed by atoms with Gasteiger partial charge in [-0.1, -0.05) is 0 Å². The van der Waals surface area contributed by atoms with Gasteiger partial charge in [-0.3, -0.25) is 0 Å². The van der Waals surface area contributed by atoms with Crippen molar-refractivity contribution in [1.29, 1.82) is 0 Å². The average molecular weight is 91.5 g/mol. The molecule has 0 aromatic rings. The molecule has 0 amide bonds. The van der Waals surface area contributed by atoms with E-state index in [0.717, 1.165) is 0 Å². The van der Waals surface area contributed by atoms with E-state index in [4.69, 9.17) is 17.3 Å². The normalized spacial score (nSPS) is 16.0. The van der Waals surface area contributed by atoms with E-state index in [2.05, 4.69) is 16.3 Å². The van der Waals surface area contributed by atoms with Gasteiger partial charge in [0.1, 0.15) is 0 Å². The van der Waals surface area contributed by atoms with Gasteiger partial charge >= 0.3 is 38.0 Å². The summed E-state index contributed by atoms with van der Waals surface area (Å²) in [5.74, 6) is 0. The maximum atomic E-state index is 5.02. The van der Waals surface area contributed by atoms with E-state index in [1.54, 1.807) is 0 Å². The van der Waals surface area contributed by atoms with Crippen LogP contribution in [0.1, 0.15) is 0 Å². The van der Waals surface area contributed by atoms with Crippen molar-refractivity contribution in [2.75, 3.05) is 0 Å². The molecule has 0 saturated carbocycles. The quantitative estimate of drug-likeness (QED) is 0.246. The zero-order valence-corrected chi connectivity index (χ0v) is 4.02. The van der Waals surface area contributed by atoms with Crippen LogP contribution in [0.25, 0.3) is 0 Å². The molecule has 0 aliphatic carbocycles. The van der Waals surface area contributed by atoms with Gasteiger partial charge in [0.15, 0.2) is 0 Å². The number of hydrogen-bond acceptors (Lipinski definition) is 1. The van der Waals surface area contributed by atoms with Gasteiger partial charge in [-0.25, -0.2) is 0 Å². The zero-order chi connectivity index (χ0) is 3.58. The molecule has 0 saturated heterocycles. The molecule has 0 rings (SSSR count). The Balaban J connectivity index is 2.32. The summed E-state index contributed by atoms with van der Waals surface area (Å²) < 4.78 is -0.278. The number of alkyl halides is 1. The predicted octanol–water partition coefficient (Wildman–Crippen LogP) is -0.364. The standard InChI is InChI=1S/CH3ClN.Al/c2-1-3;/h1H,3H2;/q;+2. The Labute approximate surface area is 38.5 Å². The molecular weight excluding hydrogens is 88.5 g/mol. The fourth-order valence-corrected chi connectivity index (χ4v) is 0. The van der Waals surface area contributed by atoms with Crippen molar-refractivity contribution in [3.05, 3.63) is 0 Å². The molecule has 3 heteroatoms. The summed E-state index contributed by atoms with van der Waals surface area (Å²) in [5, 5.41) is 0. The van der Waals surface area contributed by atoms with Gasteiger partial charge in [0, 0.05) is 0 Å². The van der Waals surface area contributed by atoms with Gasteiger partial charge < -0.3 is 0 Å². The van der Waals surface area contributed by atoms with Gasteiger partial charge in [0.05, 0.1) is 0 Å². The Morgan fingerprint density at radius 1 is 2.00 bits per heavy atom. The van der Waals surface area contributed by atoms with E-state index < -0.39 is 0 Å². The van der Waals surface area contributed by atoms with Crippen LogP contribution >= 0.6 is 11.6 Å². The summed E-state index contributed by atoms with van der Waals surface area (Å²) >= 11 is 7.22. The second-order valence-electron chi connectivity index (χ2n) is 0.444. The summed E-state index contributed by atoms with van der Waals surface area (Å²) in [4.78, 5) is 0. The van der Waals surface area contributed by atoms with Crippen LogP contribution in [-0.2, 0) is 0 Å². The van der Waals surface area contributed by atoms with Crippen LogP contribution in [-0.4, -0.2) is 20.7 Å². The molecule has 1 nitrogen and oxygen atoms in total. The van der Waals surface area contributed by atoms with Crippen LogP contribution in [0.2, 0.25) is 0 Å².